The van der Waals surface area contributed by atoms with Crippen LogP contribution in [0.4, 0.5) is 4.79 Å². The number of carbonyl (C=O) groups excluding carboxylic acids is 1. The molecular formula is C20H24N2O3. The molecule has 2 heterocycles. The monoisotopic (exact) mass is 340 g/mol. The van der Waals surface area contributed by atoms with Crippen molar-refractivity contribution in [2.75, 3.05) is 13.2 Å². The van der Waals surface area contributed by atoms with Crippen molar-refractivity contribution in [3.05, 3.63) is 53.9 Å². The average Bonchev–Trinajstić information content (AvgIpc) is 2.58. The molecule has 1 aliphatic rings. The van der Waals surface area contributed by atoms with Crippen LogP contribution in [0, 0.1) is 0 Å². The summed E-state index contributed by atoms with van der Waals surface area (Å²) in [6, 6.07) is 10.3. The maximum atomic E-state index is 11.9. The first-order chi connectivity index (χ1) is 11.9. The molecule has 1 atom stereocenters. The van der Waals surface area contributed by atoms with E-state index in [-0.39, 0.29) is 6.10 Å². The Morgan fingerprint density at radius 1 is 1.32 bits per heavy atom. The summed E-state index contributed by atoms with van der Waals surface area (Å²) in [5.41, 5.74) is 4.11. The maximum absolute atomic E-state index is 11.9. The van der Waals surface area contributed by atoms with Crippen LogP contribution < -0.4 is 5.32 Å². The van der Waals surface area contributed by atoms with Gasteiger partial charge in [0.1, 0.15) is 11.7 Å². The highest BCUT2D eigenvalue weighted by molar-refractivity contribution is 5.68. The van der Waals surface area contributed by atoms with Crippen LogP contribution in [0.15, 0.2) is 42.7 Å². The normalized spacial score (nSPS) is 16.8. The Bertz CT molecular complexity index is 738. The highest BCUT2D eigenvalue weighted by atomic mass is 16.6. The van der Waals surface area contributed by atoms with Gasteiger partial charge in [0, 0.05) is 12.4 Å². The van der Waals surface area contributed by atoms with Gasteiger partial charge >= 0.3 is 6.09 Å². The minimum atomic E-state index is -0.506. The maximum Gasteiger partial charge on any atom is 0.407 e. The predicted octanol–water partition coefficient (Wildman–Crippen LogP) is 3.89. The Kier molecular flexibility index (Phi) is 5.04. The number of rotatable bonds is 3. The predicted molar refractivity (Wildman–Crippen MR) is 96.3 cm³/mol. The topological polar surface area (TPSA) is 60.5 Å². The second-order valence-electron chi connectivity index (χ2n) is 7.15. The van der Waals surface area contributed by atoms with Crippen molar-refractivity contribution >= 4 is 6.09 Å². The van der Waals surface area contributed by atoms with Gasteiger partial charge in [-0.2, -0.15) is 0 Å². The summed E-state index contributed by atoms with van der Waals surface area (Å²) >= 11 is 0. The van der Waals surface area contributed by atoms with E-state index in [2.05, 4.69) is 34.6 Å². The lowest BCUT2D eigenvalue weighted by molar-refractivity contribution is 0.0289. The van der Waals surface area contributed by atoms with Crippen LogP contribution in [0.2, 0.25) is 0 Å². The zero-order valence-electron chi connectivity index (χ0n) is 14.9. The van der Waals surface area contributed by atoms with E-state index >= 15 is 0 Å². The number of carbonyl (C=O) groups is 1. The number of fused-ring (bicyclic) bond motifs is 1. The Balaban J connectivity index is 1.71. The minimum absolute atomic E-state index is 0.154. The van der Waals surface area contributed by atoms with Crippen LogP contribution in [0.25, 0.3) is 11.1 Å². The second-order valence-corrected chi connectivity index (χ2v) is 7.15. The van der Waals surface area contributed by atoms with Crippen LogP contribution >= 0.6 is 0 Å². The van der Waals surface area contributed by atoms with Gasteiger partial charge in [-0.3, -0.25) is 4.98 Å². The van der Waals surface area contributed by atoms with Crippen molar-refractivity contribution in [3.63, 3.8) is 0 Å². The molecule has 1 aromatic heterocycles. The number of nitrogens with one attached hydrogen (secondary N) is 1. The quantitative estimate of drug-likeness (QED) is 0.921. The molecule has 0 saturated heterocycles. The van der Waals surface area contributed by atoms with Gasteiger partial charge in [-0.05, 0) is 55.5 Å². The van der Waals surface area contributed by atoms with E-state index in [0.29, 0.717) is 13.2 Å². The van der Waals surface area contributed by atoms with E-state index in [4.69, 9.17) is 9.47 Å². The van der Waals surface area contributed by atoms with Crippen molar-refractivity contribution in [1.29, 1.82) is 0 Å². The molecule has 0 fully saturated rings. The van der Waals surface area contributed by atoms with E-state index in [1.165, 1.54) is 5.56 Å². The first kappa shape index (κ1) is 17.4. The summed E-state index contributed by atoms with van der Waals surface area (Å²) in [4.78, 5) is 16.0. The fourth-order valence-corrected chi connectivity index (χ4v) is 2.91. The molecule has 1 aromatic carbocycles. The first-order valence-electron chi connectivity index (χ1n) is 8.54. The summed E-state index contributed by atoms with van der Waals surface area (Å²) in [7, 11) is 0. The lowest BCUT2D eigenvalue weighted by Gasteiger charge is -2.27. The number of alkyl carbamates (subject to hydrolysis) is 1. The van der Waals surface area contributed by atoms with E-state index in [1.54, 1.807) is 6.20 Å². The molecule has 0 spiro atoms. The average molecular weight is 340 g/mol. The molecular weight excluding hydrogens is 316 g/mol. The first-order valence-corrected chi connectivity index (χ1v) is 8.54. The smallest absolute Gasteiger partial charge is 0.407 e. The van der Waals surface area contributed by atoms with E-state index < -0.39 is 11.7 Å². The molecule has 1 N–H and O–H groups in total. The molecule has 5 heteroatoms. The highest BCUT2D eigenvalue weighted by Crippen LogP contribution is 2.30. The number of ether oxygens (including phenoxy) is 2. The molecule has 3 rings (SSSR count). The number of nitrogens with zero attached hydrogens (tertiary/aromatic N) is 1. The third kappa shape index (κ3) is 4.57. The third-order valence-corrected chi connectivity index (χ3v) is 4.01. The standard InChI is InChI=1S/C20H24N2O3/c1-20(2,3)25-19(23)22-13-18-17-7-6-14(11-15(17)8-10-24-18)16-5-4-9-21-12-16/h4-7,9,11-12,18H,8,10,13H2,1-3H3,(H,22,23)/t18-/m1/s1. The van der Waals surface area contributed by atoms with Crippen LogP contribution in [0.3, 0.4) is 0 Å². The highest BCUT2D eigenvalue weighted by Gasteiger charge is 2.23. The summed E-state index contributed by atoms with van der Waals surface area (Å²) < 4.78 is 11.1. The Morgan fingerprint density at radius 2 is 2.16 bits per heavy atom. The van der Waals surface area contributed by atoms with E-state index in [1.807, 2.05) is 33.0 Å². The van der Waals surface area contributed by atoms with Crippen LogP contribution in [0.1, 0.15) is 38.0 Å². The van der Waals surface area contributed by atoms with Gasteiger partial charge in [-0.15, -0.1) is 0 Å². The van der Waals surface area contributed by atoms with Crippen molar-refractivity contribution < 1.29 is 14.3 Å². The Labute approximate surface area is 148 Å². The number of pyridine rings is 1. The fraction of sp³-hybridized carbons (Fsp3) is 0.400. The van der Waals surface area contributed by atoms with Crippen LogP contribution in [0.5, 0.6) is 0 Å². The SMILES string of the molecule is CC(C)(C)OC(=O)NC[C@H]1OCCc2cc(-c3cccnc3)ccc21. The van der Waals surface area contributed by atoms with E-state index in [0.717, 1.165) is 23.1 Å². The van der Waals surface area contributed by atoms with Gasteiger partial charge in [0.25, 0.3) is 0 Å². The van der Waals surface area contributed by atoms with Crippen LogP contribution in [-0.4, -0.2) is 29.8 Å². The number of aromatic nitrogens is 1. The summed E-state index contributed by atoms with van der Waals surface area (Å²) in [6.45, 7) is 6.58. The Morgan fingerprint density at radius 3 is 2.88 bits per heavy atom. The molecule has 0 unspecified atom stereocenters. The van der Waals surface area contributed by atoms with E-state index in [9.17, 15) is 4.79 Å². The zero-order valence-corrected chi connectivity index (χ0v) is 14.9. The lowest BCUT2D eigenvalue weighted by Crippen LogP contribution is -2.36. The summed E-state index contributed by atoms with van der Waals surface area (Å²) in [5.74, 6) is 0. The van der Waals surface area contributed by atoms with Crippen molar-refractivity contribution in [3.8, 4) is 11.1 Å². The van der Waals surface area contributed by atoms with Gasteiger partial charge in [-0.25, -0.2) is 4.79 Å². The molecule has 25 heavy (non-hydrogen) atoms. The number of benzene rings is 1. The molecule has 0 bridgehead atoms. The second kappa shape index (κ2) is 7.23. The molecule has 0 radical (unpaired) electrons. The lowest BCUT2D eigenvalue weighted by atomic mass is 9.93. The number of hydrogen-bond acceptors (Lipinski definition) is 4. The molecule has 0 saturated carbocycles. The molecule has 1 amide bonds. The molecule has 1 aliphatic heterocycles. The zero-order chi connectivity index (χ0) is 17.9. The van der Waals surface area contributed by atoms with Gasteiger partial charge in [0.05, 0.1) is 13.2 Å². The summed E-state index contributed by atoms with van der Waals surface area (Å²) in [5, 5.41) is 2.80. The third-order valence-electron chi connectivity index (χ3n) is 4.01. The van der Waals surface area contributed by atoms with Crippen LogP contribution in [-0.2, 0) is 15.9 Å². The van der Waals surface area contributed by atoms with Gasteiger partial charge < -0.3 is 14.8 Å². The van der Waals surface area contributed by atoms with Gasteiger partial charge in [0.15, 0.2) is 0 Å². The van der Waals surface area contributed by atoms with Gasteiger partial charge in [0.2, 0.25) is 0 Å². The fourth-order valence-electron chi connectivity index (χ4n) is 2.91. The minimum Gasteiger partial charge on any atom is -0.444 e. The molecule has 5 nitrogen and oxygen atoms in total. The number of amides is 1. The molecule has 2 aromatic rings. The largest absolute Gasteiger partial charge is 0.444 e. The Hall–Kier alpha value is -2.40. The molecule has 132 valence electrons. The van der Waals surface area contributed by atoms with Gasteiger partial charge in [-0.1, -0.05) is 24.3 Å². The van der Waals surface area contributed by atoms with Crippen molar-refractivity contribution in [2.45, 2.75) is 38.9 Å². The molecule has 0 aliphatic carbocycles. The van der Waals surface area contributed by atoms with Crippen molar-refractivity contribution in [2.24, 2.45) is 0 Å². The summed E-state index contributed by atoms with van der Waals surface area (Å²) in [6.07, 6.45) is 3.93. The number of hydrogen-bond donors (Lipinski definition) is 1. The van der Waals surface area contributed by atoms with Crippen molar-refractivity contribution in [1.82, 2.24) is 10.3 Å².